The molecule has 20 heavy (non-hydrogen) atoms. The van der Waals surface area contributed by atoms with E-state index in [4.69, 9.17) is 4.74 Å². The van der Waals surface area contributed by atoms with E-state index in [2.05, 4.69) is 17.4 Å². The molecule has 3 nitrogen and oxygen atoms in total. The molecule has 0 bridgehead atoms. The lowest BCUT2D eigenvalue weighted by molar-refractivity contribution is -0.123. The van der Waals surface area contributed by atoms with Crippen LogP contribution in [0.1, 0.15) is 49.3 Å². The van der Waals surface area contributed by atoms with Crippen LogP contribution in [0.15, 0.2) is 12.1 Å². The van der Waals surface area contributed by atoms with Crippen LogP contribution in [0.2, 0.25) is 0 Å². The van der Waals surface area contributed by atoms with Crippen LogP contribution >= 0.6 is 0 Å². The smallest absolute Gasteiger partial charge is 0.222 e. The Bertz CT molecular complexity index is 522. The average molecular weight is 273 g/mol. The van der Waals surface area contributed by atoms with Crippen molar-refractivity contribution in [2.45, 2.75) is 45.4 Å². The molecule has 1 amide bonds. The summed E-state index contributed by atoms with van der Waals surface area (Å²) < 4.78 is 5.68. The maximum absolute atomic E-state index is 11.6. The third-order valence-corrected chi connectivity index (χ3v) is 4.50. The van der Waals surface area contributed by atoms with Gasteiger partial charge in [0.25, 0.3) is 0 Å². The standard InChI is InChI=1S/C17H23NO2/c1-11(2)17(19)18-9-7-13-4-3-12-5-6-15-14(16(12)13)8-10-20-15/h5-6,11,13H,3-4,7-10H2,1-2H3,(H,18,19)/t13-/m0/s1. The first-order valence-electron chi connectivity index (χ1n) is 7.72. The molecule has 1 atom stereocenters. The van der Waals surface area contributed by atoms with Gasteiger partial charge in [-0.1, -0.05) is 19.9 Å². The van der Waals surface area contributed by atoms with Crippen molar-refractivity contribution in [1.82, 2.24) is 5.32 Å². The fourth-order valence-corrected chi connectivity index (χ4v) is 3.41. The first kappa shape index (κ1) is 13.5. The molecule has 0 aromatic heterocycles. The highest BCUT2D eigenvalue weighted by molar-refractivity contribution is 5.77. The molecule has 0 saturated carbocycles. The van der Waals surface area contributed by atoms with Crippen LogP contribution < -0.4 is 10.1 Å². The van der Waals surface area contributed by atoms with Crippen LogP contribution in [0.5, 0.6) is 5.75 Å². The van der Waals surface area contributed by atoms with E-state index < -0.39 is 0 Å². The second-order valence-electron chi connectivity index (χ2n) is 6.18. The molecule has 1 aliphatic carbocycles. The van der Waals surface area contributed by atoms with Gasteiger partial charge in [-0.2, -0.15) is 0 Å². The summed E-state index contributed by atoms with van der Waals surface area (Å²) in [6.45, 7) is 5.48. The third-order valence-electron chi connectivity index (χ3n) is 4.50. The largest absolute Gasteiger partial charge is 0.493 e. The van der Waals surface area contributed by atoms with Crippen molar-refractivity contribution in [1.29, 1.82) is 0 Å². The number of rotatable bonds is 4. The van der Waals surface area contributed by atoms with Crippen LogP contribution in [0.25, 0.3) is 0 Å². The Morgan fingerprint density at radius 3 is 3.05 bits per heavy atom. The van der Waals surface area contributed by atoms with E-state index in [9.17, 15) is 4.79 Å². The Morgan fingerprint density at radius 1 is 1.40 bits per heavy atom. The Labute approximate surface area is 120 Å². The zero-order chi connectivity index (χ0) is 14.1. The molecule has 0 fully saturated rings. The summed E-state index contributed by atoms with van der Waals surface area (Å²) in [5.74, 6) is 1.91. The quantitative estimate of drug-likeness (QED) is 0.916. The van der Waals surface area contributed by atoms with E-state index in [0.29, 0.717) is 5.92 Å². The van der Waals surface area contributed by atoms with Crippen molar-refractivity contribution < 1.29 is 9.53 Å². The summed E-state index contributed by atoms with van der Waals surface area (Å²) in [7, 11) is 0. The minimum Gasteiger partial charge on any atom is -0.493 e. The molecule has 3 heteroatoms. The lowest BCUT2D eigenvalue weighted by Gasteiger charge is -2.16. The van der Waals surface area contributed by atoms with Gasteiger partial charge in [0.1, 0.15) is 5.75 Å². The lowest BCUT2D eigenvalue weighted by atomic mass is 9.92. The van der Waals surface area contributed by atoms with E-state index in [-0.39, 0.29) is 11.8 Å². The van der Waals surface area contributed by atoms with Gasteiger partial charge in [0.2, 0.25) is 5.91 Å². The van der Waals surface area contributed by atoms with E-state index in [0.717, 1.165) is 31.7 Å². The summed E-state index contributed by atoms with van der Waals surface area (Å²) in [4.78, 5) is 11.6. The molecule has 3 rings (SSSR count). The molecule has 1 aromatic carbocycles. The lowest BCUT2D eigenvalue weighted by Crippen LogP contribution is -2.29. The average Bonchev–Trinajstić information content (AvgIpc) is 3.03. The van der Waals surface area contributed by atoms with Gasteiger partial charge in [-0.25, -0.2) is 0 Å². The normalized spacial score (nSPS) is 19.6. The summed E-state index contributed by atoms with van der Waals surface area (Å²) in [5, 5.41) is 3.04. The van der Waals surface area contributed by atoms with Crippen molar-refractivity contribution in [2.24, 2.45) is 5.92 Å². The monoisotopic (exact) mass is 273 g/mol. The van der Waals surface area contributed by atoms with Crippen LogP contribution in [0, 0.1) is 5.92 Å². The van der Waals surface area contributed by atoms with Gasteiger partial charge in [-0.3, -0.25) is 4.79 Å². The molecule has 1 aliphatic heterocycles. The Hall–Kier alpha value is -1.51. The Balaban J connectivity index is 1.67. The van der Waals surface area contributed by atoms with Crippen molar-refractivity contribution in [3.8, 4) is 5.75 Å². The number of aryl methyl sites for hydroxylation is 1. The number of nitrogens with one attached hydrogen (secondary N) is 1. The molecule has 1 N–H and O–H groups in total. The fraction of sp³-hybridized carbons (Fsp3) is 0.588. The van der Waals surface area contributed by atoms with E-state index >= 15 is 0 Å². The minimum atomic E-state index is 0.0727. The number of carbonyl (C=O) groups is 1. The molecular weight excluding hydrogens is 250 g/mol. The van der Waals surface area contributed by atoms with Crippen molar-refractivity contribution >= 4 is 5.91 Å². The predicted molar refractivity (Wildman–Crippen MR) is 79.2 cm³/mol. The summed E-state index contributed by atoms with van der Waals surface area (Å²) in [6.07, 6.45) is 4.48. The minimum absolute atomic E-state index is 0.0727. The fourth-order valence-electron chi connectivity index (χ4n) is 3.41. The number of benzene rings is 1. The van der Waals surface area contributed by atoms with Gasteiger partial charge in [0.05, 0.1) is 6.61 Å². The maximum Gasteiger partial charge on any atom is 0.222 e. The zero-order valence-electron chi connectivity index (χ0n) is 12.4. The topological polar surface area (TPSA) is 38.3 Å². The van der Waals surface area contributed by atoms with Gasteiger partial charge >= 0.3 is 0 Å². The first-order valence-corrected chi connectivity index (χ1v) is 7.72. The number of fused-ring (bicyclic) bond motifs is 3. The number of carbonyl (C=O) groups excluding carboxylic acids is 1. The maximum atomic E-state index is 11.6. The van der Waals surface area contributed by atoms with Crippen LogP contribution in [0.3, 0.4) is 0 Å². The Morgan fingerprint density at radius 2 is 2.25 bits per heavy atom. The van der Waals surface area contributed by atoms with Crippen molar-refractivity contribution in [3.63, 3.8) is 0 Å². The highest BCUT2D eigenvalue weighted by Gasteiger charge is 2.29. The van der Waals surface area contributed by atoms with Gasteiger partial charge in [-0.05, 0) is 42.4 Å². The highest BCUT2D eigenvalue weighted by Crippen LogP contribution is 2.42. The summed E-state index contributed by atoms with van der Waals surface area (Å²) in [6, 6.07) is 4.36. The van der Waals surface area contributed by atoms with Crippen LogP contribution in [-0.2, 0) is 17.6 Å². The van der Waals surface area contributed by atoms with Crippen molar-refractivity contribution in [3.05, 3.63) is 28.8 Å². The molecule has 0 saturated heterocycles. The van der Waals surface area contributed by atoms with Crippen LogP contribution in [-0.4, -0.2) is 19.1 Å². The molecule has 1 aromatic rings. The second kappa shape index (κ2) is 5.47. The third kappa shape index (κ3) is 2.41. The highest BCUT2D eigenvalue weighted by atomic mass is 16.5. The zero-order valence-corrected chi connectivity index (χ0v) is 12.4. The molecule has 0 spiro atoms. The number of amides is 1. The second-order valence-corrected chi connectivity index (χ2v) is 6.18. The molecule has 2 aliphatic rings. The van der Waals surface area contributed by atoms with Gasteiger partial charge in [0.15, 0.2) is 0 Å². The van der Waals surface area contributed by atoms with E-state index in [1.807, 2.05) is 13.8 Å². The van der Waals surface area contributed by atoms with Gasteiger partial charge < -0.3 is 10.1 Å². The SMILES string of the molecule is CC(C)C(=O)NCC[C@@H]1CCc2ccc3c(c21)CCO3. The molecule has 0 unspecified atom stereocenters. The number of hydrogen-bond acceptors (Lipinski definition) is 2. The van der Waals surface area contributed by atoms with Crippen LogP contribution in [0.4, 0.5) is 0 Å². The predicted octanol–water partition coefficient (Wildman–Crippen LogP) is 2.81. The molecular formula is C17H23NO2. The van der Waals surface area contributed by atoms with Gasteiger partial charge in [0, 0.05) is 24.4 Å². The van der Waals surface area contributed by atoms with E-state index in [1.165, 1.54) is 29.5 Å². The van der Waals surface area contributed by atoms with Crippen molar-refractivity contribution in [2.75, 3.05) is 13.2 Å². The molecule has 1 heterocycles. The molecule has 108 valence electrons. The summed E-state index contributed by atoms with van der Waals surface area (Å²) >= 11 is 0. The summed E-state index contributed by atoms with van der Waals surface area (Å²) in [5.41, 5.74) is 4.45. The van der Waals surface area contributed by atoms with E-state index in [1.54, 1.807) is 0 Å². The molecule has 0 radical (unpaired) electrons. The Kier molecular flexibility index (Phi) is 3.68. The number of ether oxygens (including phenoxy) is 1. The van der Waals surface area contributed by atoms with Gasteiger partial charge in [-0.15, -0.1) is 0 Å². The number of hydrogen-bond donors (Lipinski definition) is 1. The first-order chi connectivity index (χ1) is 9.66.